The molecule has 1 saturated carbocycles. The molecule has 0 aliphatic heterocycles. The van der Waals surface area contributed by atoms with Gasteiger partial charge in [0.05, 0.1) is 11.4 Å². The maximum atomic E-state index is 4.40. The molecule has 1 aliphatic rings. The second kappa shape index (κ2) is 9.27. The molecule has 3 rings (SSSR count). The largest absolute Gasteiger partial charge is 0.314 e. The fraction of sp³-hybridized carbons (Fsp3) is 0.565. The maximum Gasteiger partial charge on any atom is 0.0929 e. The van der Waals surface area contributed by atoms with E-state index in [1.165, 1.54) is 50.6 Å². The average molecular weight is 352 g/mol. The molecule has 1 aromatic heterocycles. The van der Waals surface area contributed by atoms with Gasteiger partial charge in [0.25, 0.3) is 0 Å². The molecule has 0 radical (unpaired) electrons. The van der Waals surface area contributed by atoms with E-state index in [1.54, 1.807) is 0 Å². The van der Waals surface area contributed by atoms with Gasteiger partial charge in [0, 0.05) is 11.6 Å². The zero-order chi connectivity index (χ0) is 18.4. The Hall–Kier alpha value is -1.74. The summed E-state index contributed by atoms with van der Waals surface area (Å²) < 4.78 is 0. The highest BCUT2D eigenvalue weighted by Gasteiger charge is 2.21. The van der Waals surface area contributed by atoms with Gasteiger partial charge in [-0.3, -0.25) is 0 Å². The molecule has 3 heteroatoms. The van der Waals surface area contributed by atoms with Gasteiger partial charge in [0.15, 0.2) is 0 Å². The average Bonchev–Trinajstić information content (AvgIpc) is 2.69. The van der Waals surface area contributed by atoms with Crippen LogP contribution in [0.25, 0.3) is 11.3 Å². The predicted molar refractivity (Wildman–Crippen MR) is 109 cm³/mol. The lowest BCUT2D eigenvalue weighted by Crippen LogP contribution is -2.33. The number of unbranched alkanes of at least 4 members (excludes halogenated alkanes) is 1. The predicted octanol–water partition coefficient (Wildman–Crippen LogP) is 5.68. The van der Waals surface area contributed by atoms with Crippen molar-refractivity contribution in [3.05, 3.63) is 47.7 Å². The fourth-order valence-corrected chi connectivity index (χ4v) is 3.84. The minimum Gasteiger partial charge on any atom is -0.314 e. The van der Waals surface area contributed by atoms with Crippen molar-refractivity contribution in [2.45, 2.75) is 77.2 Å². The van der Waals surface area contributed by atoms with E-state index in [9.17, 15) is 0 Å². The molecule has 0 amide bonds. The number of aromatic nitrogens is 2. The molecule has 1 N–H and O–H groups in total. The fourth-order valence-electron chi connectivity index (χ4n) is 3.84. The summed E-state index contributed by atoms with van der Waals surface area (Å²) in [5, 5.41) is 12.5. The molecule has 1 aliphatic carbocycles. The summed E-state index contributed by atoms with van der Waals surface area (Å²) in [6, 6.07) is 13.9. The zero-order valence-electron chi connectivity index (χ0n) is 16.5. The Bertz CT molecular complexity index is 653. The summed E-state index contributed by atoms with van der Waals surface area (Å²) in [4.78, 5) is 0. The molecule has 3 nitrogen and oxygen atoms in total. The van der Waals surface area contributed by atoms with Crippen LogP contribution in [0, 0.1) is 0 Å². The van der Waals surface area contributed by atoms with Crippen LogP contribution in [0.2, 0.25) is 0 Å². The molecule has 1 heterocycles. The minimum atomic E-state index is 0.422. The second-order valence-electron chi connectivity index (χ2n) is 7.98. The Morgan fingerprint density at radius 2 is 1.69 bits per heavy atom. The van der Waals surface area contributed by atoms with E-state index in [0.717, 1.165) is 23.0 Å². The minimum absolute atomic E-state index is 0.422. The van der Waals surface area contributed by atoms with Gasteiger partial charge in [0.2, 0.25) is 0 Å². The number of nitrogens with zero attached hydrogens (tertiary/aromatic N) is 2. The molecule has 1 fully saturated rings. The lowest BCUT2D eigenvalue weighted by atomic mass is 9.81. The van der Waals surface area contributed by atoms with Crippen LogP contribution in [0.1, 0.15) is 82.4 Å². The van der Waals surface area contributed by atoms with E-state index in [-0.39, 0.29) is 0 Å². The van der Waals surface area contributed by atoms with Crippen molar-refractivity contribution in [2.75, 3.05) is 6.54 Å². The lowest BCUT2D eigenvalue weighted by molar-refractivity contribution is 0.342. The number of hydrogen-bond donors (Lipinski definition) is 1. The Morgan fingerprint density at radius 3 is 2.27 bits per heavy atom. The van der Waals surface area contributed by atoms with E-state index in [0.29, 0.717) is 11.8 Å². The summed E-state index contributed by atoms with van der Waals surface area (Å²) in [6.07, 6.45) is 7.77. The molecule has 140 valence electrons. The van der Waals surface area contributed by atoms with Gasteiger partial charge in [-0.2, -0.15) is 10.2 Å². The number of rotatable bonds is 7. The summed E-state index contributed by atoms with van der Waals surface area (Å²) >= 11 is 0. The first kappa shape index (κ1) is 19.0. The van der Waals surface area contributed by atoms with Crippen LogP contribution in [0.3, 0.4) is 0 Å². The summed E-state index contributed by atoms with van der Waals surface area (Å²) in [7, 11) is 0. The molecule has 0 unspecified atom stereocenters. The van der Waals surface area contributed by atoms with Crippen molar-refractivity contribution in [3.8, 4) is 11.3 Å². The van der Waals surface area contributed by atoms with Crippen LogP contribution < -0.4 is 5.32 Å². The highest BCUT2D eigenvalue weighted by atomic mass is 15.1. The third-order valence-electron chi connectivity index (χ3n) is 5.65. The van der Waals surface area contributed by atoms with Gasteiger partial charge in [-0.05, 0) is 68.2 Å². The van der Waals surface area contributed by atoms with Gasteiger partial charge in [-0.25, -0.2) is 0 Å². The first-order valence-electron chi connectivity index (χ1n) is 10.3. The molecule has 26 heavy (non-hydrogen) atoms. The summed E-state index contributed by atoms with van der Waals surface area (Å²) in [6.45, 7) is 7.72. The topological polar surface area (TPSA) is 37.8 Å². The van der Waals surface area contributed by atoms with Crippen LogP contribution >= 0.6 is 0 Å². The van der Waals surface area contributed by atoms with Crippen molar-refractivity contribution in [1.82, 2.24) is 15.5 Å². The summed E-state index contributed by atoms with van der Waals surface area (Å²) in [5.74, 6) is 1.13. The van der Waals surface area contributed by atoms with Gasteiger partial charge < -0.3 is 5.32 Å². The van der Waals surface area contributed by atoms with Gasteiger partial charge in [-0.15, -0.1) is 0 Å². The Morgan fingerprint density at radius 1 is 0.962 bits per heavy atom. The van der Waals surface area contributed by atoms with E-state index >= 15 is 0 Å². The highest BCUT2D eigenvalue weighted by Crippen LogP contribution is 2.33. The molecule has 2 aromatic rings. The zero-order valence-corrected chi connectivity index (χ0v) is 16.5. The monoisotopic (exact) mass is 351 g/mol. The van der Waals surface area contributed by atoms with Gasteiger partial charge >= 0.3 is 0 Å². The first-order chi connectivity index (χ1) is 12.7. The first-order valence-corrected chi connectivity index (χ1v) is 10.3. The molecule has 0 bridgehead atoms. The Kier molecular flexibility index (Phi) is 6.79. The van der Waals surface area contributed by atoms with Crippen LogP contribution in [0.5, 0.6) is 0 Å². The van der Waals surface area contributed by atoms with Crippen LogP contribution in [0.4, 0.5) is 0 Å². The van der Waals surface area contributed by atoms with Crippen molar-refractivity contribution in [3.63, 3.8) is 0 Å². The molecular weight excluding hydrogens is 318 g/mol. The number of nitrogens with one attached hydrogen (secondary N) is 1. The van der Waals surface area contributed by atoms with Gasteiger partial charge in [-0.1, -0.05) is 51.5 Å². The van der Waals surface area contributed by atoms with Crippen LogP contribution in [-0.4, -0.2) is 22.8 Å². The third-order valence-corrected chi connectivity index (χ3v) is 5.65. The normalized spacial score (nSPS) is 20.5. The Balaban J connectivity index is 1.56. The Labute approximate surface area is 158 Å². The molecular formula is C23H33N3. The van der Waals surface area contributed by atoms with Gasteiger partial charge in [0.1, 0.15) is 0 Å². The molecule has 0 atom stereocenters. The molecule has 0 saturated heterocycles. The maximum absolute atomic E-state index is 4.40. The van der Waals surface area contributed by atoms with Crippen LogP contribution in [0.15, 0.2) is 36.4 Å². The highest BCUT2D eigenvalue weighted by molar-refractivity contribution is 5.59. The van der Waals surface area contributed by atoms with E-state index in [2.05, 4.69) is 72.7 Å². The van der Waals surface area contributed by atoms with Crippen molar-refractivity contribution in [1.29, 1.82) is 0 Å². The number of benzene rings is 1. The third kappa shape index (κ3) is 4.91. The summed E-state index contributed by atoms with van der Waals surface area (Å²) in [5.41, 5.74) is 4.65. The van der Waals surface area contributed by atoms with Crippen molar-refractivity contribution < 1.29 is 0 Å². The molecule has 0 spiro atoms. The quantitative estimate of drug-likeness (QED) is 0.652. The standard InChI is InChI=1S/C23H33N3/c1-4-5-16-24-21-12-10-19(11-13-21)18-6-8-20(9-7-18)23-15-14-22(17(2)3)25-26-23/h6-9,14-15,17,19,21,24H,4-5,10-13,16H2,1-3H3. The lowest BCUT2D eigenvalue weighted by Gasteiger charge is -2.29. The second-order valence-corrected chi connectivity index (χ2v) is 7.98. The van der Waals surface area contributed by atoms with Crippen molar-refractivity contribution >= 4 is 0 Å². The van der Waals surface area contributed by atoms with Crippen LogP contribution in [-0.2, 0) is 0 Å². The molecule has 1 aromatic carbocycles. The van der Waals surface area contributed by atoms with E-state index in [4.69, 9.17) is 0 Å². The SMILES string of the molecule is CCCCNC1CCC(c2ccc(-c3ccc(C(C)C)nn3)cc2)CC1. The smallest absolute Gasteiger partial charge is 0.0929 e. The van der Waals surface area contributed by atoms with E-state index in [1.807, 2.05) is 0 Å². The van der Waals surface area contributed by atoms with Crippen molar-refractivity contribution in [2.24, 2.45) is 0 Å². The number of hydrogen-bond acceptors (Lipinski definition) is 3. The van der Waals surface area contributed by atoms with E-state index < -0.39 is 0 Å².